The number of benzene rings is 1. The number of amides is 2. The fourth-order valence-electron chi connectivity index (χ4n) is 2.73. The molecule has 23 heavy (non-hydrogen) atoms. The van der Waals surface area contributed by atoms with Crippen LogP contribution < -0.4 is 10.2 Å². The van der Waals surface area contributed by atoms with Gasteiger partial charge in [-0.1, -0.05) is 17.7 Å². The molecule has 6 heteroatoms. The maximum absolute atomic E-state index is 12.2. The first-order valence-electron chi connectivity index (χ1n) is 7.98. The highest BCUT2D eigenvalue weighted by Gasteiger charge is 2.16. The summed E-state index contributed by atoms with van der Waals surface area (Å²) in [4.78, 5) is 16.0. The van der Waals surface area contributed by atoms with Gasteiger partial charge in [0.25, 0.3) is 0 Å². The highest BCUT2D eigenvalue weighted by atomic mass is 35.5. The predicted octanol–water partition coefficient (Wildman–Crippen LogP) is 3.34. The summed E-state index contributed by atoms with van der Waals surface area (Å²) in [7, 11) is 0. The quantitative estimate of drug-likeness (QED) is 0.783. The molecule has 1 aromatic carbocycles. The molecule has 5 nitrogen and oxygen atoms in total. The van der Waals surface area contributed by atoms with Gasteiger partial charge < -0.3 is 20.2 Å². The first-order valence-corrected chi connectivity index (χ1v) is 8.35. The molecule has 1 fully saturated rings. The van der Waals surface area contributed by atoms with Crippen LogP contribution in [0.15, 0.2) is 30.9 Å². The zero-order chi connectivity index (χ0) is 16.7. The fraction of sp³-hybridized carbons (Fsp3) is 0.471. The van der Waals surface area contributed by atoms with Crippen molar-refractivity contribution < 1.29 is 9.90 Å². The van der Waals surface area contributed by atoms with Crippen molar-refractivity contribution in [2.75, 3.05) is 43.0 Å². The normalized spacial score (nSPS) is 14.4. The van der Waals surface area contributed by atoms with Crippen LogP contribution in [0.1, 0.15) is 19.3 Å². The number of hydrogen-bond acceptors (Lipinski definition) is 3. The van der Waals surface area contributed by atoms with Gasteiger partial charge in [-0.05, 0) is 37.5 Å². The van der Waals surface area contributed by atoms with E-state index in [1.807, 2.05) is 12.1 Å². The lowest BCUT2D eigenvalue weighted by molar-refractivity contribution is 0.195. The summed E-state index contributed by atoms with van der Waals surface area (Å²) in [5.74, 6) is 0. The molecule has 0 spiro atoms. The lowest BCUT2D eigenvalue weighted by Gasteiger charge is -2.29. The summed E-state index contributed by atoms with van der Waals surface area (Å²) in [6.45, 7) is 6.22. The van der Waals surface area contributed by atoms with Crippen LogP contribution in [0.3, 0.4) is 0 Å². The second-order valence-corrected chi connectivity index (χ2v) is 6.01. The molecule has 0 atom stereocenters. The van der Waals surface area contributed by atoms with Crippen molar-refractivity contribution in [1.29, 1.82) is 0 Å². The van der Waals surface area contributed by atoms with Gasteiger partial charge >= 0.3 is 6.03 Å². The predicted molar refractivity (Wildman–Crippen MR) is 95.4 cm³/mol. The molecule has 0 aromatic heterocycles. The second-order valence-electron chi connectivity index (χ2n) is 5.60. The van der Waals surface area contributed by atoms with Crippen LogP contribution in [0.25, 0.3) is 0 Å². The van der Waals surface area contributed by atoms with Gasteiger partial charge in [-0.25, -0.2) is 4.79 Å². The van der Waals surface area contributed by atoms with E-state index in [0.29, 0.717) is 17.3 Å². The molecule has 0 aliphatic carbocycles. The highest BCUT2D eigenvalue weighted by Crippen LogP contribution is 2.30. The SMILES string of the molecule is C=CCN(CCO)C(=O)Nc1ccc(N2CCCCC2)c(Cl)c1. The molecule has 0 radical (unpaired) electrons. The van der Waals surface area contributed by atoms with Gasteiger partial charge in [-0.3, -0.25) is 0 Å². The monoisotopic (exact) mass is 337 g/mol. The lowest BCUT2D eigenvalue weighted by Crippen LogP contribution is -2.37. The minimum atomic E-state index is -0.277. The molecule has 0 saturated carbocycles. The molecule has 2 N–H and O–H groups in total. The number of carbonyl (C=O) groups excluding carboxylic acids is 1. The standard InChI is InChI=1S/C17H24ClN3O2/c1-2-8-21(11-12-22)17(23)19-14-6-7-16(15(18)13-14)20-9-4-3-5-10-20/h2,6-7,13,22H,1,3-5,8-12H2,(H,19,23). The van der Waals surface area contributed by atoms with Crippen LogP contribution in [-0.4, -0.2) is 48.8 Å². The zero-order valence-electron chi connectivity index (χ0n) is 13.3. The Hall–Kier alpha value is -1.72. The van der Waals surface area contributed by atoms with Crippen molar-refractivity contribution >= 4 is 29.0 Å². The number of halogens is 1. The van der Waals surface area contributed by atoms with Crippen LogP contribution in [0, 0.1) is 0 Å². The van der Waals surface area contributed by atoms with Crippen molar-refractivity contribution in [3.8, 4) is 0 Å². The largest absolute Gasteiger partial charge is 0.395 e. The Labute approximate surface area is 142 Å². The van der Waals surface area contributed by atoms with Gasteiger partial charge in [0, 0.05) is 31.9 Å². The van der Waals surface area contributed by atoms with Gasteiger partial charge in [-0.2, -0.15) is 0 Å². The molecule has 2 rings (SSSR count). The average Bonchev–Trinajstić information content (AvgIpc) is 2.55. The summed E-state index contributed by atoms with van der Waals surface area (Å²) in [5.41, 5.74) is 1.66. The van der Waals surface area contributed by atoms with Crippen molar-refractivity contribution in [3.63, 3.8) is 0 Å². The van der Waals surface area contributed by atoms with Gasteiger partial charge in [0.1, 0.15) is 0 Å². The number of piperidine rings is 1. The van der Waals surface area contributed by atoms with Crippen LogP contribution in [0.2, 0.25) is 5.02 Å². The highest BCUT2D eigenvalue weighted by molar-refractivity contribution is 6.33. The second kappa shape index (κ2) is 8.79. The Bertz CT molecular complexity index is 545. The molecule has 2 amide bonds. The van der Waals surface area contributed by atoms with E-state index in [9.17, 15) is 4.79 Å². The minimum Gasteiger partial charge on any atom is -0.395 e. The summed E-state index contributed by atoms with van der Waals surface area (Å²) in [6.07, 6.45) is 5.27. The van der Waals surface area contributed by atoms with Gasteiger partial charge in [0.15, 0.2) is 0 Å². The Kier molecular flexibility index (Phi) is 6.74. The van der Waals surface area contributed by atoms with E-state index in [1.54, 1.807) is 12.1 Å². The molecular formula is C17H24ClN3O2. The number of nitrogens with one attached hydrogen (secondary N) is 1. The number of rotatable bonds is 6. The molecule has 1 aliphatic heterocycles. The van der Waals surface area contributed by atoms with Gasteiger partial charge in [0.2, 0.25) is 0 Å². The fourth-order valence-corrected chi connectivity index (χ4v) is 3.03. The number of hydrogen-bond donors (Lipinski definition) is 2. The van der Waals surface area contributed by atoms with E-state index >= 15 is 0 Å². The van der Waals surface area contributed by atoms with Crippen LogP contribution in [-0.2, 0) is 0 Å². The third-order valence-corrected chi connectivity index (χ3v) is 4.21. The van der Waals surface area contributed by atoms with E-state index in [1.165, 1.54) is 24.2 Å². The number of aliphatic hydroxyl groups is 1. The molecular weight excluding hydrogens is 314 g/mol. The summed E-state index contributed by atoms with van der Waals surface area (Å²) >= 11 is 6.39. The Morgan fingerprint density at radius 2 is 2.13 bits per heavy atom. The van der Waals surface area contributed by atoms with Crippen molar-refractivity contribution in [1.82, 2.24) is 4.90 Å². The Balaban J connectivity index is 2.04. The van der Waals surface area contributed by atoms with E-state index in [2.05, 4.69) is 16.8 Å². The number of anilines is 2. The molecule has 1 aromatic rings. The number of nitrogens with zero attached hydrogens (tertiary/aromatic N) is 2. The molecule has 1 saturated heterocycles. The lowest BCUT2D eigenvalue weighted by atomic mass is 10.1. The summed E-state index contributed by atoms with van der Waals surface area (Å²) in [5, 5.41) is 12.5. The van der Waals surface area contributed by atoms with Crippen molar-refractivity contribution in [2.45, 2.75) is 19.3 Å². The molecule has 126 valence electrons. The summed E-state index contributed by atoms with van der Waals surface area (Å²) < 4.78 is 0. The van der Waals surface area contributed by atoms with E-state index in [4.69, 9.17) is 16.7 Å². The molecule has 1 heterocycles. The third kappa shape index (κ3) is 4.88. The van der Waals surface area contributed by atoms with E-state index < -0.39 is 0 Å². The third-order valence-electron chi connectivity index (χ3n) is 3.90. The van der Waals surface area contributed by atoms with Crippen LogP contribution >= 0.6 is 11.6 Å². The van der Waals surface area contributed by atoms with Crippen LogP contribution in [0.5, 0.6) is 0 Å². The Morgan fingerprint density at radius 3 is 2.74 bits per heavy atom. The smallest absolute Gasteiger partial charge is 0.322 e. The number of carbonyl (C=O) groups is 1. The summed E-state index contributed by atoms with van der Waals surface area (Å²) in [6, 6.07) is 5.31. The van der Waals surface area contributed by atoms with Gasteiger partial charge in [-0.15, -0.1) is 6.58 Å². The molecule has 0 unspecified atom stereocenters. The average molecular weight is 338 g/mol. The Morgan fingerprint density at radius 1 is 1.39 bits per heavy atom. The van der Waals surface area contributed by atoms with E-state index in [-0.39, 0.29) is 19.2 Å². The number of aliphatic hydroxyl groups excluding tert-OH is 1. The van der Waals surface area contributed by atoms with Crippen LogP contribution in [0.4, 0.5) is 16.2 Å². The minimum absolute atomic E-state index is 0.0874. The van der Waals surface area contributed by atoms with Gasteiger partial charge in [0.05, 0.1) is 17.3 Å². The van der Waals surface area contributed by atoms with Crippen molar-refractivity contribution in [2.24, 2.45) is 0 Å². The molecule has 1 aliphatic rings. The van der Waals surface area contributed by atoms with Crippen molar-refractivity contribution in [3.05, 3.63) is 35.9 Å². The van der Waals surface area contributed by atoms with E-state index in [0.717, 1.165) is 18.8 Å². The number of urea groups is 1. The topological polar surface area (TPSA) is 55.8 Å². The zero-order valence-corrected chi connectivity index (χ0v) is 14.1. The first kappa shape index (κ1) is 17.6. The maximum atomic E-state index is 12.2. The maximum Gasteiger partial charge on any atom is 0.322 e. The first-order chi connectivity index (χ1) is 11.2. The molecule has 0 bridgehead atoms.